The second kappa shape index (κ2) is 5.68. The van der Waals surface area contributed by atoms with Gasteiger partial charge in [-0.2, -0.15) is 5.10 Å². The molecule has 0 amide bonds. The summed E-state index contributed by atoms with van der Waals surface area (Å²) in [6.07, 6.45) is 3.87. The van der Waals surface area contributed by atoms with E-state index in [9.17, 15) is 9.18 Å². The van der Waals surface area contributed by atoms with Gasteiger partial charge in [0.1, 0.15) is 5.56 Å². The topological polar surface area (TPSA) is 80.0 Å². The molecule has 2 N–H and O–H groups in total. The molecule has 106 valence electrons. The van der Waals surface area contributed by atoms with Crippen LogP contribution >= 0.6 is 0 Å². The molecule has 0 atom stereocenters. The predicted molar refractivity (Wildman–Crippen MR) is 71.1 cm³/mol. The van der Waals surface area contributed by atoms with Gasteiger partial charge in [-0.3, -0.25) is 4.68 Å². The van der Waals surface area contributed by atoms with Gasteiger partial charge in [0.15, 0.2) is 11.6 Å². The predicted octanol–water partition coefficient (Wildman–Crippen LogP) is 1.83. The number of pyridine rings is 1. The lowest BCUT2D eigenvalue weighted by atomic mass is 10.2. The number of carboxylic acids is 1. The van der Waals surface area contributed by atoms with E-state index in [4.69, 9.17) is 5.11 Å². The highest BCUT2D eigenvalue weighted by atomic mass is 19.1. The van der Waals surface area contributed by atoms with Crippen molar-refractivity contribution in [1.29, 1.82) is 0 Å². The Morgan fingerprint density at radius 1 is 1.55 bits per heavy atom. The SMILES string of the molecule is CCc1nn(C)cc1CNc1nccc(C(=O)O)c1F. The van der Waals surface area contributed by atoms with Crippen LogP contribution in [0.4, 0.5) is 10.2 Å². The van der Waals surface area contributed by atoms with Crippen molar-refractivity contribution in [3.05, 3.63) is 41.1 Å². The van der Waals surface area contributed by atoms with Crippen LogP contribution < -0.4 is 5.32 Å². The first-order chi connectivity index (χ1) is 9.52. The van der Waals surface area contributed by atoms with E-state index in [0.717, 1.165) is 23.7 Å². The zero-order valence-corrected chi connectivity index (χ0v) is 11.2. The number of nitrogens with one attached hydrogen (secondary N) is 1. The maximum Gasteiger partial charge on any atom is 0.338 e. The van der Waals surface area contributed by atoms with Crippen molar-refractivity contribution >= 4 is 11.8 Å². The summed E-state index contributed by atoms with van der Waals surface area (Å²) in [5.74, 6) is -2.25. The largest absolute Gasteiger partial charge is 0.478 e. The third kappa shape index (κ3) is 2.76. The molecule has 0 aliphatic rings. The van der Waals surface area contributed by atoms with Crippen LogP contribution in [0, 0.1) is 5.82 Å². The quantitative estimate of drug-likeness (QED) is 0.872. The van der Waals surface area contributed by atoms with E-state index in [-0.39, 0.29) is 5.82 Å². The normalized spacial score (nSPS) is 10.6. The molecular formula is C13H15FN4O2. The second-order valence-corrected chi connectivity index (χ2v) is 4.31. The Bertz CT molecular complexity index is 639. The molecule has 0 aliphatic carbocycles. The summed E-state index contributed by atoms with van der Waals surface area (Å²) in [5, 5.41) is 15.9. The van der Waals surface area contributed by atoms with Gasteiger partial charge in [0.2, 0.25) is 0 Å². The van der Waals surface area contributed by atoms with Crippen LogP contribution in [0.1, 0.15) is 28.5 Å². The van der Waals surface area contributed by atoms with Crippen molar-refractivity contribution in [2.24, 2.45) is 7.05 Å². The van der Waals surface area contributed by atoms with Gasteiger partial charge in [-0.05, 0) is 12.5 Å². The number of hydrogen-bond acceptors (Lipinski definition) is 4. The Kier molecular flexibility index (Phi) is 3.97. The summed E-state index contributed by atoms with van der Waals surface area (Å²) < 4.78 is 15.6. The third-order valence-corrected chi connectivity index (χ3v) is 2.89. The van der Waals surface area contributed by atoms with Crippen molar-refractivity contribution < 1.29 is 14.3 Å². The lowest BCUT2D eigenvalue weighted by Crippen LogP contribution is -2.09. The Balaban J connectivity index is 2.19. The van der Waals surface area contributed by atoms with Gasteiger partial charge in [0, 0.05) is 31.5 Å². The summed E-state index contributed by atoms with van der Waals surface area (Å²) in [7, 11) is 1.81. The molecule has 0 spiro atoms. The highest BCUT2D eigenvalue weighted by Gasteiger charge is 2.15. The Morgan fingerprint density at radius 2 is 2.30 bits per heavy atom. The minimum Gasteiger partial charge on any atom is -0.478 e. The van der Waals surface area contributed by atoms with Gasteiger partial charge in [-0.15, -0.1) is 0 Å². The molecule has 2 rings (SSSR count). The van der Waals surface area contributed by atoms with E-state index < -0.39 is 17.3 Å². The third-order valence-electron chi connectivity index (χ3n) is 2.89. The second-order valence-electron chi connectivity index (χ2n) is 4.31. The minimum atomic E-state index is -1.32. The van der Waals surface area contributed by atoms with Crippen LogP contribution in [-0.4, -0.2) is 25.8 Å². The lowest BCUT2D eigenvalue weighted by Gasteiger charge is -2.07. The summed E-state index contributed by atoms with van der Waals surface area (Å²) in [6.45, 7) is 2.32. The van der Waals surface area contributed by atoms with Crippen LogP contribution in [0.2, 0.25) is 0 Å². The van der Waals surface area contributed by atoms with Crippen molar-refractivity contribution in [3.8, 4) is 0 Å². The Hall–Kier alpha value is -2.44. The summed E-state index contributed by atoms with van der Waals surface area (Å²) in [4.78, 5) is 14.7. The molecule has 0 radical (unpaired) electrons. The molecule has 2 aromatic heterocycles. The highest BCUT2D eigenvalue weighted by molar-refractivity contribution is 5.88. The average molecular weight is 278 g/mol. The molecule has 2 heterocycles. The number of anilines is 1. The van der Waals surface area contributed by atoms with Crippen LogP contribution in [0.5, 0.6) is 0 Å². The van der Waals surface area contributed by atoms with Gasteiger partial charge >= 0.3 is 5.97 Å². The van der Waals surface area contributed by atoms with E-state index in [1.54, 1.807) is 4.68 Å². The van der Waals surface area contributed by atoms with Gasteiger partial charge in [0.05, 0.1) is 5.69 Å². The average Bonchev–Trinajstić information content (AvgIpc) is 2.77. The van der Waals surface area contributed by atoms with E-state index in [1.165, 1.54) is 6.20 Å². The maximum atomic E-state index is 13.9. The van der Waals surface area contributed by atoms with Gasteiger partial charge in [0.25, 0.3) is 0 Å². The summed E-state index contributed by atoms with van der Waals surface area (Å²) in [5.41, 5.74) is 1.44. The number of carboxylic acid groups (broad SMARTS) is 1. The first kappa shape index (κ1) is 14.0. The molecule has 0 aliphatic heterocycles. The molecule has 0 bridgehead atoms. The van der Waals surface area contributed by atoms with Crippen molar-refractivity contribution in [2.75, 3.05) is 5.32 Å². The number of hydrogen-bond donors (Lipinski definition) is 2. The number of carbonyl (C=O) groups is 1. The van der Waals surface area contributed by atoms with Gasteiger partial charge in [-0.1, -0.05) is 6.92 Å². The number of halogens is 1. The lowest BCUT2D eigenvalue weighted by molar-refractivity contribution is 0.0692. The fourth-order valence-electron chi connectivity index (χ4n) is 1.94. The number of nitrogens with zero attached hydrogens (tertiary/aromatic N) is 3. The van der Waals surface area contributed by atoms with Crippen molar-refractivity contribution in [2.45, 2.75) is 19.9 Å². The van der Waals surface area contributed by atoms with Crippen LogP contribution in [0.15, 0.2) is 18.5 Å². The Morgan fingerprint density at radius 3 is 2.95 bits per heavy atom. The smallest absolute Gasteiger partial charge is 0.338 e. The summed E-state index contributed by atoms with van der Waals surface area (Å²) in [6, 6.07) is 1.13. The number of rotatable bonds is 5. The number of aromatic carboxylic acids is 1. The molecule has 20 heavy (non-hydrogen) atoms. The first-order valence-electron chi connectivity index (χ1n) is 6.16. The van der Waals surface area contributed by atoms with E-state index >= 15 is 0 Å². The number of aromatic nitrogens is 3. The molecule has 0 aromatic carbocycles. The first-order valence-corrected chi connectivity index (χ1v) is 6.16. The molecule has 0 fully saturated rings. The molecule has 0 unspecified atom stereocenters. The van der Waals surface area contributed by atoms with E-state index in [2.05, 4.69) is 15.4 Å². The molecular weight excluding hydrogens is 263 g/mol. The zero-order valence-electron chi connectivity index (χ0n) is 11.2. The molecule has 0 saturated heterocycles. The van der Waals surface area contributed by atoms with Crippen molar-refractivity contribution in [3.63, 3.8) is 0 Å². The monoisotopic (exact) mass is 278 g/mol. The van der Waals surface area contributed by atoms with Crippen LogP contribution in [0.25, 0.3) is 0 Å². The van der Waals surface area contributed by atoms with Gasteiger partial charge in [-0.25, -0.2) is 14.2 Å². The fourth-order valence-corrected chi connectivity index (χ4v) is 1.94. The standard InChI is InChI=1S/C13H15FN4O2/c1-3-10-8(7-18(2)17-10)6-16-12-11(14)9(13(19)20)4-5-15-12/h4-5,7H,3,6H2,1-2H3,(H,15,16)(H,19,20). The number of aryl methyl sites for hydroxylation is 2. The maximum absolute atomic E-state index is 13.9. The van der Waals surface area contributed by atoms with E-state index in [0.29, 0.717) is 6.54 Å². The highest BCUT2D eigenvalue weighted by Crippen LogP contribution is 2.17. The summed E-state index contributed by atoms with van der Waals surface area (Å²) >= 11 is 0. The fraction of sp³-hybridized carbons (Fsp3) is 0.308. The van der Waals surface area contributed by atoms with Crippen LogP contribution in [0.3, 0.4) is 0 Å². The minimum absolute atomic E-state index is 0.0733. The zero-order chi connectivity index (χ0) is 14.7. The Labute approximate surface area is 115 Å². The molecule has 0 saturated carbocycles. The molecule has 7 heteroatoms. The van der Waals surface area contributed by atoms with Gasteiger partial charge < -0.3 is 10.4 Å². The van der Waals surface area contributed by atoms with Crippen molar-refractivity contribution in [1.82, 2.24) is 14.8 Å². The molecule has 2 aromatic rings. The van der Waals surface area contributed by atoms with E-state index in [1.807, 2.05) is 20.2 Å². The molecule has 6 nitrogen and oxygen atoms in total. The van der Waals surface area contributed by atoms with Crippen LogP contribution in [-0.2, 0) is 20.0 Å².